The SMILES string of the molecule is COC(=O)C1=COC(OC(=O)Oc2ccccc2)C2C(C)=CCC12. The molecule has 0 saturated heterocycles. The molecule has 1 aromatic rings. The topological polar surface area (TPSA) is 71.1 Å². The number of allylic oxidation sites excluding steroid dienone is 1. The van der Waals surface area contributed by atoms with Crippen LogP contribution in [0.25, 0.3) is 0 Å². The van der Waals surface area contributed by atoms with Crippen LogP contribution in [-0.4, -0.2) is 25.5 Å². The van der Waals surface area contributed by atoms with E-state index in [1.165, 1.54) is 13.4 Å². The number of fused-ring (bicyclic) bond motifs is 1. The van der Waals surface area contributed by atoms with Gasteiger partial charge in [0.15, 0.2) is 0 Å². The highest BCUT2D eigenvalue weighted by Crippen LogP contribution is 2.43. The van der Waals surface area contributed by atoms with E-state index in [0.29, 0.717) is 17.7 Å². The molecule has 6 heteroatoms. The van der Waals surface area contributed by atoms with Crippen LogP contribution in [-0.2, 0) is 19.0 Å². The van der Waals surface area contributed by atoms with E-state index in [2.05, 4.69) is 0 Å². The lowest BCUT2D eigenvalue weighted by Gasteiger charge is -2.33. The van der Waals surface area contributed by atoms with E-state index < -0.39 is 18.4 Å². The van der Waals surface area contributed by atoms with Crippen LogP contribution in [0, 0.1) is 11.8 Å². The highest BCUT2D eigenvalue weighted by Gasteiger charge is 2.45. The Morgan fingerprint density at radius 2 is 1.96 bits per heavy atom. The summed E-state index contributed by atoms with van der Waals surface area (Å²) in [6, 6.07) is 8.64. The van der Waals surface area contributed by atoms with Crippen molar-refractivity contribution in [1.82, 2.24) is 0 Å². The molecule has 0 N–H and O–H groups in total. The Hall–Kier alpha value is -2.76. The molecule has 0 bridgehead atoms. The molecule has 0 fully saturated rings. The van der Waals surface area contributed by atoms with Crippen molar-refractivity contribution in [3.05, 3.63) is 53.8 Å². The Labute approximate surface area is 139 Å². The van der Waals surface area contributed by atoms with Crippen LogP contribution < -0.4 is 4.74 Å². The predicted molar refractivity (Wildman–Crippen MR) is 83.9 cm³/mol. The summed E-state index contributed by atoms with van der Waals surface area (Å²) in [4.78, 5) is 23.9. The van der Waals surface area contributed by atoms with Crippen LogP contribution in [0.4, 0.5) is 4.79 Å². The number of para-hydroxylation sites is 1. The first-order valence-corrected chi connectivity index (χ1v) is 7.64. The summed E-state index contributed by atoms with van der Waals surface area (Å²) in [5.41, 5.74) is 1.46. The Morgan fingerprint density at radius 1 is 1.21 bits per heavy atom. The molecule has 6 nitrogen and oxygen atoms in total. The van der Waals surface area contributed by atoms with E-state index in [4.69, 9.17) is 18.9 Å². The molecule has 3 unspecified atom stereocenters. The molecule has 0 saturated carbocycles. The van der Waals surface area contributed by atoms with Gasteiger partial charge in [0, 0.05) is 5.92 Å². The van der Waals surface area contributed by atoms with Crippen molar-refractivity contribution in [2.24, 2.45) is 11.8 Å². The van der Waals surface area contributed by atoms with Gasteiger partial charge in [-0.25, -0.2) is 9.59 Å². The van der Waals surface area contributed by atoms with E-state index in [0.717, 1.165) is 5.57 Å². The summed E-state index contributed by atoms with van der Waals surface area (Å²) in [7, 11) is 1.33. The number of esters is 1. The van der Waals surface area contributed by atoms with E-state index in [-0.39, 0.29) is 11.8 Å². The lowest BCUT2D eigenvalue weighted by molar-refractivity contribution is -0.143. The quantitative estimate of drug-likeness (QED) is 0.481. The minimum Gasteiger partial charge on any atom is -0.466 e. The second-order valence-corrected chi connectivity index (χ2v) is 5.67. The lowest BCUT2D eigenvalue weighted by Crippen LogP contribution is -2.38. The van der Waals surface area contributed by atoms with Crippen LogP contribution in [0.15, 0.2) is 53.8 Å². The number of hydrogen-bond donors (Lipinski definition) is 0. The molecule has 3 rings (SSSR count). The smallest absolute Gasteiger partial charge is 0.466 e. The molecule has 1 aromatic carbocycles. The van der Waals surface area contributed by atoms with Crippen LogP contribution >= 0.6 is 0 Å². The first-order valence-electron chi connectivity index (χ1n) is 7.64. The molecule has 1 heterocycles. The van der Waals surface area contributed by atoms with Crippen molar-refractivity contribution in [1.29, 1.82) is 0 Å². The molecule has 126 valence electrons. The molecule has 0 amide bonds. The van der Waals surface area contributed by atoms with Gasteiger partial charge in [-0.2, -0.15) is 0 Å². The largest absolute Gasteiger partial charge is 0.516 e. The van der Waals surface area contributed by atoms with Gasteiger partial charge >= 0.3 is 12.1 Å². The lowest BCUT2D eigenvalue weighted by atomic mass is 9.84. The van der Waals surface area contributed by atoms with Crippen molar-refractivity contribution < 1.29 is 28.5 Å². The van der Waals surface area contributed by atoms with Gasteiger partial charge in [0.2, 0.25) is 0 Å². The maximum Gasteiger partial charge on any atom is 0.516 e. The van der Waals surface area contributed by atoms with Crippen molar-refractivity contribution >= 4 is 12.1 Å². The monoisotopic (exact) mass is 330 g/mol. The molecule has 1 aliphatic carbocycles. The van der Waals surface area contributed by atoms with Crippen LogP contribution in [0.2, 0.25) is 0 Å². The van der Waals surface area contributed by atoms with Gasteiger partial charge < -0.3 is 18.9 Å². The average molecular weight is 330 g/mol. The van der Waals surface area contributed by atoms with Gasteiger partial charge in [0.1, 0.15) is 5.75 Å². The average Bonchev–Trinajstić information content (AvgIpc) is 2.98. The zero-order chi connectivity index (χ0) is 17.1. The fourth-order valence-electron chi connectivity index (χ4n) is 3.07. The molecule has 2 aliphatic rings. The maximum absolute atomic E-state index is 12.0. The maximum atomic E-state index is 12.0. The van der Waals surface area contributed by atoms with E-state index >= 15 is 0 Å². The van der Waals surface area contributed by atoms with Gasteiger partial charge in [0.05, 0.1) is 24.9 Å². The van der Waals surface area contributed by atoms with Gasteiger partial charge in [-0.05, 0) is 25.5 Å². The van der Waals surface area contributed by atoms with Gasteiger partial charge in [-0.3, -0.25) is 0 Å². The fourth-order valence-corrected chi connectivity index (χ4v) is 3.07. The third kappa shape index (κ3) is 3.13. The third-order valence-electron chi connectivity index (χ3n) is 4.25. The zero-order valence-electron chi connectivity index (χ0n) is 13.4. The van der Waals surface area contributed by atoms with Gasteiger partial charge in [0.25, 0.3) is 6.29 Å². The Bertz CT molecular complexity index is 691. The number of benzene rings is 1. The van der Waals surface area contributed by atoms with E-state index in [1.54, 1.807) is 24.3 Å². The van der Waals surface area contributed by atoms with Crippen molar-refractivity contribution in [2.75, 3.05) is 7.11 Å². The predicted octanol–water partition coefficient (Wildman–Crippen LogP) is 3.20. The second-order valence-electron chi connectivity index (χ2n) is 5.67. The first kappa shape index (κ1) is 16.1. The summed E-state index contributed by atoms with van der Waals surface area (Å²) >= 11 is 0. The Morgan fingerprint density at radius 3 is 2.67 bits per heavy atom. The number of carbonyl (C=O) groups excluding carboxylic acids is 2. The van der Waals surface area contributed by atoms with Crippen molar-refractivity contribution in [3.8, 4) is 5.75 Å². The normalized spacial score (nSPS) is 24.8. The summed E-state index contributed by atoms with van der Waals surface area (Å²) in [6.45, 7) is 1.92. The summed E-state index contributed by atoms with van der Waals surface area (Å²) in [6.07, 6.45) is 2.33. The highest BCUT2D eigenvalue weighted by atomic mass is 16.8. The Kier molecular flexibility index (Phi) is 4.55. The van der Waals surface area contributed by atoms with E-state index in [9.17, 15) is 9.59 Å². The molecule has 3 atom stereocenters. The van der Waals surface area contributed by atoms with Gasteiger partial charge in [-0.1, -0.05) is 29.8 Å². The molecule has 0 aromatic heterocycles. The second kappa shape index (κ2) is 6.78. The molecular formula is C18H18O6. The molecule has 24 heavy (non-hydrogen) atoms. The number of ether oxygens (including phenoxy) is 4. The molecule has 0 radical (unpaired) electrons. The molecular weight excluding hydrogens is 312 g/mol. The number of rotatable bonds is 3. The Balaban J connectivity index is 1.72. The standard InChI is InChI=1S/C18H18O6/c1-11-8-9-13-14(16(19)21-2)10-22-17(15(11)13)24-18(20)23-12-6-4-3-5-7-12/h3-8,10,13,15,17H,9H2,1-2H3. The van der Waals surface area contributed by atoms with Crippen LogP contribution in [0.1, 0.15) is 13.3 Å². The number of carbonyl (C=O) groups is 2. The minimum atomic E-state index is -0.848. The van der Waals surface area contributed by atoms with Gasteiger partial charge in [-0.15, -0.1) is 0 Å². The number of hydrogen-bond acceptors (Lipinski definition) is 6. The summed E-state index contributed by atoms with van der Waals surface area (Å²) < 4.78 is 20.7. The zero-order valence-corrected chi connectivity index (χ0v) is 13.4. The minimum absolute atomic E-state index is 0.124. The fraction of sp³-hybridized carbons (Fsp3) is 0.333. The molecule has 0 spiro atoms. The summed E-state index contributed by atoms with van der Waals surface area (Å²) in [5, 5.41) is 0. The molecule has 1 aliphatic heterocycles. The van der Waals surface area contributed by atoms with Crippen LogP contribution in [0.5, 0.6) is 5.75 Å². The van der Waals surface area contributed by atoms with Crippen LogP contribution in [0.3, 0.4) is 0 Å². The van der Waals surface area contributed by atoms with Crippen molar-refractivity contribution in [3.63, 3.8) is 0 Å². The highest BCUT2D eigenvalue weighted by molar-refractivity contribution is 5.89. The number of methoxy groups -OCH3 is 1. The van der Waals surface area contributed by atoms with Crippen molar-refractivity contribution in [2.45, 2.75) is 19.6 Å². The third-order valence-corrected chi connectivity index (χ3v) is 4.25. The van der Waals surface area contributed by atoms with E-state index in [1.807, 2.05) is 19.1 Å². The first-order chi connectivity index (χ1) is 11.6. The summed E-state index contributed by atoms with van der Waals surface area (Å²) in [5.74, 6) is -0.397.